The fourth-order valence-electron chi connectivity index (χ4n) is 2.33. The molecule has 0 unspecified atom stereocenters. The highest BCUT2D eigenvalue weighted by molar-refractivity contribution is 5.81. The molecule has 7 heteroatoms. The first-order chi connectivity index (χ1) is 9.52. The van der Waals surface area contributed by atoms with E-state index < -0.39 is 17.1 Å². The number of anilines is 1. The lowest BCUT2D eigenvalue weighted by Crippen LogP contribution is -2.37. The Morgan fingerprint density at radius 2 is 2.15 bits per heavy atom. The van der Waals surface area contributed by atoms with Crippen LogP contribution in [0, 0.1) is 10.1 Å². The fraction of sp³-hybridized carbons (Fsp3) is 0.462. The van der Waals surface area contributed by atoms with Crippen molar-refractivity contribution in [3.8, 4) is 0 Å². The third kappa shape index (κ3) is 2.88. The number of carbonyl (C=O) groups excluding carboxylic acids is 1. The number of benzene rings is 1. The van der Waals surface area contributed by atoms with E-state index in [2.05, 4.69) is 0 Å². The minimum Gasteiger partial charge on any atom is -0.464 e. The standard InChI is InChI=1S/C13H16N2O5/c1-2-20-13(17)12-7-11(16)8-14(12)9-3-5-10(6-4-9)15(18)19/h3-6,11-12,16H,2,7-8H2,1H3/t11-,12-/m1/s1. The zero-order chi connectivity index (χ0) is 14.7. The topological polar surface area (TPSA) is 92.9 Å². The molecule has 0 aromatic heterocycles. The number of nitro benzene ring substituents is 1. The summed E-state index contributed by atoms with van der Waals surface area (Å²) in [5.74, 6) is -0.387. The second-order valence-electron chi connectivity index (χ2n) is 4.58. The van der Waals surface area contributed by atoms with Crippen LogP contribution >= 0.6 is 0 Å². The van der Waals surface area contributed by atoms with Gasteiger partial charge in [0, 0.05) is 30.8 Å². The number of aliphatic hydroxyl groups is 1. The predicted molar refractivity (Wildman–Crippen MR) is 71.5 cm³/mol. The van der Waals surface area contributed by atoms with Crippen molar-refractivity contribution in [3.63, 3.8) is 0 Å². The first-order valence-corrected chi connectivity index (χ1v) is 6.38. The van der Waals surface area contributed by atoms with Gasteiger partial charge in [0.1, 0.15) is 6.04 Å². The summed E-state index contributed by atoms with van der Waals surface area (Å²) < 4.78 is 4.99. The Kier molecular flexibility index (Phi) is 4.19. The molecule has 2 rings (SSSR count). The van der Waals surface area contributed by atoms with E-state index in [1.807, 2.05) is 0 Å². The molecule has 0 radical (unpaired) electrons. The Labute approximate surface area is 115 Å². The molecule has 0 spiro atoms. The number of carbonyl (C=O) groups is 1. The minimum absolute atomic E-state index is 0.0128. The van der Waals surface area contributed by atoms with Crippen molar-refractivity contribution in [1.82, 2.24) is 0 Å². The molecule has 20 heavy (non-hydrogen) atoms. The second-order valence-corrected chi connectivity index (χ2v) is 4.58. The van der Waals surface area contributed by atoms with Crippen molar-refractivity contribution in [3.05, 3.63) is 34.4 Å². The van der Waals surface area contributed by atoms with Gasteiger partial charge >= 0.3 is 5.97 Å². The largest absolute Gasteiger partial charge is 0.464 e. The number of non-ortho nitro benzene ring substituents is 1. The maximum Gasteiger partial charge on any atom is 0.328 e. The first kappa shape index (κ1) is 14.3. The molecule has 108 valence electrons. The highest BCUT2D eigenvalue weighted by atomic mass is 16.6. The molecule has 0 aliphatic carbocycles. The molecule has 1 aromatic rings. The summed E-state index contributed by atoms with van der Waals surface area (Å²) in [7, 11) is 0. The van der Waals surface area contributed by atoms with Crippen molar-refractivity contribution < 1.29 is 19.6 Å². The Balaban J connectivity index is 2.20. The number of ether oxygens (including phenoxy) is 1. The highest BCUT2D eigenvalue weighted by Gasteiger charge is 2.37. The van der Waals surface area contributed by atoms with E-state index >= 15 is 0 Å². The average Bonchev–Trinajstić information content (AvgIpc) is 2.81. The lowest BCUT2D eigenvalue weighted by atomic mass is 10.2. The third-order valence-electron chi connectivity index (χ3n) is 3.23. The molecular formula is C13H16N2O5. The SMILES string of the molecule is CCOC(=O)[C@H]1C[C@@H](O)CN1c1ccc([N+](=O)[O-])cc1. The van der Waals surface area contributed by atoms with Crippen LogP contribution in [0.2, 0.25) is 0 Å². The van der Waals surface area contributed by atoms with E-state index in [1.54, 1.807) is 24.0 Å². The summed E-state index contributed by atoms with van der Waals surface area (Å²) in [5.41, 5.74) is 0.645. The summed E-state index contributed by atoms with van der Waals surface area (Å²) in [4.78, 5) is 23.7. The Hall–Kier alpha value is -2.15. The molecule has 0 amide bonds. The van der Waals surface area contributed by atoms with E-state index in [9.17, 15) is 20.0 Å². The van der Waals surface area contributed by atoms with Gasteiger partial charge in [0.25, 0.3) is 5.69 Å². The second kappa shape index (κ2) is 5.87. The predicted octanol–water partition coefficient (Wildman–Crippen LogP) is 1.10. The van der Waals surface area contributed by atoms with Gasteiger partial charge in [-0.25, -0.2) is 4.79 Å². The molecule has 0 bridgehead atoms. The van der Waals surface area contributed by atoms with Crippen molar-refractivity contribution in [2.24, 2.45) is 0 Å². The van der Waals surface area contributed by atoms with E-state index in [1.165, 1.54) is 12.1 Å². The number of β-amino-alcohol motifs (C(OH)–C–C–N with tert-alkyl or cyclic N) is 1. The number of nitrogens with zero attached hydrogens (tertiary/aromatic N) is 2. The van der Waals surface area contributed by atoms with Crippen LogP contribution in [0.15, 0.2) is 24.3 Å². The maximum absolute atomic E-state index is 11.9. The van der Waals surface area contributed by atoms with Crippen molar-refractivity contribution in [2.45, 2.75) is 25.5 Å². The van der Waals surface area contributed by atoms with Crippen LogP contribution in [-0.4, -0.2) is 41.3 Å². The Morgan fingerprint density at radius 1 is 1.50 bits per heavy atom. The van der Waals surface area contributed by atoms with E-state index in [4.69, 9.17) is 4.74 Å². The molecule has 1 heterocycles. The van der Waals surface area contributed by atoms with E-state index in [-0.39, 0.29) is 18.3 Å². The van der Waals surface area contributed by atoms with Gasteiger partial charge in [0.05, 0.1) is 17.6 Å². The van der Waals surface area contributed by atoms with E-state index in [0.29, 0.717) is 18.7 Å². The third-order valence-corrected chi connectivity index (χ3v) is 3.23. The molecular weight excluding hydrogens is 264 g/mol. The molecule has 1 aliphatic heterocycles. The van der Waals surface area contributed by atoms with Crippen LogP contribution in [0.5, 0.6) is 0 Å². The number of hydrogen-bond donors (Lipinski definition) is 1. The highest BCUT2D eigenvalue weighted by Crippen LogP contribution is 2.28. The zero-order valence-electron chi connectivity index (χ0n) is 11.1. The summed E-state index contributed by atoms with van der Waals surface area (Å²) in [6.07, 6.45) is -0.310. The number of rotatable bonds is 4. The monoisotopic (exact) mass is 280 g/mol. The van der Waals surface area contributed by atoms with Crippen molar-refractivity contribution in [1.29, 1.82) is 0 Å². The van der Waals surface area contributed by atoms with Gasteiger partial charge in [0.2, 0.25) is 0 Å². The van der Waals surface area contributed by atoms with Crippen molar-refractivity contribution in [2.75, 3.05) is 18.1 Å². The van der Waals surface area contributed by atoms with Crippen LogP contribution in [0.25, 0.3) is 0 Å². The molecule has 1 N–H and O–H groups in total. The summed E-state index contributed by atoms with van der Waals surface area (Å²) in [6, 6.07) is 5.35. The molecule has 2 atom stereocenters. The molecule has 1 saturated heterocycles. The lowest BCUT2D eigenvalue weighted by Gasteiger charge is -2.24. The molecule has 7 nitrogen and oxygen atoms in total. The van der Waals surface area contributed by atoms with Gasteiger partial charge in [-0.05, 0) is 19.1 Å². The normalized spacial score (nSPS) is 21.8. The summed E-state index contributed by atoms with van der Waals surface area (Å²) >= 11 is 0. The van der Waals surface area contributed by atoms with E-state index in [0.717, 1.165) is 0 Å². The van der Waals surface area contributed by atoms with Crippen LogP contribution in [0.3, 0.4) is 0 Å². The minimum atomic E-state index is -0.611. The molecule has 0 saturated carbocycles. The van der Waals surface area contributed by atoms with Gasteiger partial charge in [-0.15, -0.1) is 0 Å². The Bertz CT molecular complexity index is 502. The maximum atomic E-state index is 11.9. The van der Waals surface area contributed by atoms with Crippen LogP contribution < -0.4 is 4.90 Å². The van der Waals surface area contributed by atoms with Gasteiger partial charge in [-0.2, -0.15) is 0 Å². The van der Waals surface area contributed by atoms with Crippen LogP contribution in [0.1, 0.15) is 13.3 Å². The Morgan fingerprint density at radius 3 is 2.70 bits per heavy atom. The molecule has 1 aliphatic rings. The number of esters is 1. The summed E-state index contributed by atoms with van der Waals surface area (Å²) in [5, 5.41) is 20.4. The van der Waals surface area contributed by atoms with Crippen molar-refractivity contribution >= 4 is 17.3 Å². The number of hydrogen-bond acceptors (Lipinski definition) is 6. The fourth-order valence-corrected chi connectivity index (χ4v) is 2.33. The smallest absolute Gasteiger partial charge is 0.328 e. The lowest BCUT2D eigenvalue weighted by molar-refractivity contribution is -0.384. The first-order valence-electron chi connectivity index (χ1n) is 6.38. The van der Waals surface area contributed by atoms with Gasteiger partial charge < -0.3 is 14.7 Å². The van der Waals surface area contributed by atoms with Gasteiger partial charge in [0.15, 0.2) is 0 Å². The zero-order valence-corrected chi connectivity index (χ0v) is 11.1. The van der Waals surface area contributed by atoms with Gasteiger partial charge in [-0.3, -0.25) is 10.1 Å². The molecule has 1 aromatic carbocycles. The number of nitro groups is 1. The van der Waals surface area contributed by atoms with Crippen LogP contribution in [-0.2, 0) is 9.53 Å². The van der Waals surface area contributed by atoms with Gasteiger partial charge in [-0.1, -0.05) is 0 Å². The van der Waals surface area contributed by atoms with Crippen LogP contribution in [0.4, 0.5) is 11.4 Å². The summed E-state index contributed by atoms with van der Waals surface area (Å²) in [6.45, 7) is 2.31. The molecule has 1 fully saturated rings. The average molecular weight is 280 g/mol. The quantitative estimate of drug-likeness (QED) is 0.504. The number of aliphatic hydroxyl groups excluding tert-OH is 1.